The van der Waals surface area contributed by atoms with Gasteiger partial charge in [0.15, 0.2) is 11.5 Å². The number of carbonyl (C=O) groups is 3. The number of hydrogen-bond donors (Lipinski definition) is 1. The standard InChI is InChI=1S/C26H28N4O4/c1-16(2)24-28-19-15-17(10-11-21(19)34-24)27-22(31)9-6-14-29-25(33)18-7-4-5-8-20(18)30-23(32)12-13-26(29,30)3/h4-5,7-8,10-11,15-16H,6,9,12-14H2,1-3H3,(H,27,31). The van der Waals surface area contributed by atoms with Crippen LogP contribution in [0.15, 0.2) is 46.9 Å². The van der Waals surface area contributed by atoms with Gasteiger partial charge in [0.2, 0.25) is 11.8 Å². The first kappa shape index (κ1) is 22.1. The van der Waals surface area contributed by atoms with Gasteiger partial charge < -0.3 is 14.6 Å². The van der Waals surface area contributed by atoms with Crippen LogP contribution in [0, 0.1) is 0 Å². The van der Waals surface area contributed by atoms with Gasteiger partial charge >= 0.3 is 0 Å². The van der Waals surface area contributed by atoms with E-state index in [0.717, 1.165) is 0 Å². The van der Waals surface area contributed by atoms with E-state index in [9.17, 15) is 14.4 Å². The maximum Gasteiger partial charge on any atom is 0.257 e. The van der Waals surface area contributed by atoms with Gasteiger partial charge in [-0.25, -0.2) is 4.98 Å². The minimum absolute atomic E-state index is 0.0223. The van der Waals surface area contributed by atoms with E-state index in [4.69, 9.17) is 4.42 Å². The number of nitrogens with one attached hydrogen (secondary N) is 1. The molecule has 8 heteroatoms. The van der Waals surface area contributed by atoms with Crippen LogP contribution in [-0.2, 0) is 9.59 Å². The predicted molar refractivity (Wildman–Crippen MR) is 129 cm³/mol. The number of oxazole rings is 1. The van der Waals surface area contributed by atoms with E-state index < -0.39 is 5.66 Å². The van der Waals surface area contributed by atoms with E-state index >= 15 is 0 Å². The van der Waals surface area contributed by atoms with Gasteiger partial charge in [-0.2, -0.15) is 0 Å². The Morgan fingerprint density at radius 2 is 2.00 bits per heavy atom. The lowest BCUT2D eigenvalue weighted by Gasteiger charge is -2.48. The summed E-state index contributed by atoms with van der Waals surface area (Å²) in [6, 6.07) is 12.6. The van der Waals surface area contributed by atoms with E-state index in [0.29, 0.717) is 59.7 Å². The first-order valence-electron chi connectivity index (χ1n) is 11.7. The lowest BCUT2D eigenvalue weighted by molar-refractivity contribution is -0.118. The molecule has 3 aromatic rings. The van der Waals surface area contributed by atoms with Gasteiger partial charge in [-0.3, -0.25) is 19.3 Å². The molecule has 1 N–H and O–H groups in total. The molecule has 1 unspecified atom stereocenters. The van der Waals surface area contributed by atoms with Gasteiger partial charge in [-0.15, -0.1) is 0 Å². The van der Waals surface area contributed by atoms with Crippen LogP contribution in [0.5, 0.6) is 0 Å². The first-order chi connectivity index (χ1) is 16.3. The fourth-order valence-electron chi connectivity index (χ4n) is 4.93. The second-order valence-electron chi connectivity index (χ2n) is 9.46. The highest BCUT2D eigenvalue weighted by atomic mass is 16.3. The quantitative estimate of drug-likeness (QED) is 0.577. The van der Waals surface area contributed by atoms with Gasteiger partial charge in [0.25, 0.3) is 5.91 Å². The second kappa shape index (κ2) is 8.27. The Hall–Kier alpha value is -3.68. The van der Waals surface area contributed by atoms with Crippen LogP contribution < -0.4 is 10.2 Å². The lowest BCUT2D eigenvalue weighted by atomic mass is 9.98. The van der Waals surface area contributed by atoms with Crippen molar-refractivity contribution in [2.24, 2.45) is 0 Å². The van der Waals surface area contributed by atoms with Crippen molar-refractivity contribution >= 4 is 40.2 Å². The molecule has 0 saturated carbocycles. The number of rotatable bonds is 6. The zero-order valence-corrected chi connectivity index (χ0v) is 19.6. The predicted octanol–water partition coefficient (Wildman–Crippen LogP) is 4.67. The Bertz CT molecular complexity index is 1300. The molecule has 8 nitrogen and oxygen atoms in total. The maximum atomic E-state index is 13.3. The van der Waals surface area contributed by atoms with Crippen molar-refractivity contribution < 1.29 is 18.8 Å². The molecule has 1 saturated heterocycles. The highest BCUT2D eigenvalue weighted by Crippen LogP contribution is 2.44. The van der Waals surface area contributed by atoms with Crippen LogP contribution in [0.2, 0.25) is 0 Å². The number of anilines is 2. The Kier molecular flexibility index (Phi) is 5.38. The van der Waals surface area contributed by atoms with Crippen molar-refractivity contribution in [3.8, 4) is 0 Å². The number of aromatic nitrogens is 1. The van der Waals surface area contributed by atoms with Gasteiger partial charge in [0, 0.05) is 31.0 Å². The third-order valence-electron chi connectivity index (χ3n) is 6.71. The normalized spacial score (nSPS) is 19.6. The van der Waals surface area contributed by atoms with Crippen molar-refractivity contribution in [2.45, 2.75) is 58.0 Å². The minimum Gasteiger partial charge on any atom is -0.440 e. The number of para-hydroxylation sites is 1. The van der Waals surface area contributed by atoms with E-state index in [1.165, 1.54) is 0 Å². The average Bonchev–Trinajstić information content (AvgIpc) is 3.37. The molecule has 3 amide bonds. The molecule has 1 aromatic heterocycles. The number of benzene rings is 2. The zero-order chi connectivity index (χ0) is 24.0. The van der Waals surface area contributed by atoms with E-state index in [2.05, 4.69) is 10.3 Å². The highest BCUT2D eigenvalue weighted by Gasteiger charge is 2.52. The molecule has 3 heterocycles. The van der Waals surface area contributed by atoms with Crippen LogP contribution in [0.3, 0.4) is 0 Å². The Morgan fingerprint density at radius 1 is 1.21 bits per heavy atom. The van der Waals surface area contributed by atoms with E-state index in [1.807, 2.05) is 32.9 Å². The Morgan fingerprint density at radius 3 is 2.79 bits per heavy atom. The van der Waals surface area contributed by atoms with Crippen molar-refractivity contribution in [2.75, 3.05) is 16.8 Å². The largest absolute Gasteiger partial charge is 0.440 e. The van der Waals surface area contributed by atoms with Crippen LogP contribution >= 0.6 is 0 Å². The molecule has 0 bridgehead atoms. The maximum absolute atomic E-state index is 13.3. The van der Waals surface area contributed by atoms with Crippen molar-refractivity contribution in [3.05, 3.63) is 53.9 Å². The SMILES string of the molecule is CC(C)c1nc2cc(NC(=O)CCCN3C(=O)c4ccccc4N4C(=O)CCC34C)ccc2o1. The second-order valence-corrected chi connectivity index (χ2v) is 9.46. The van der Waals surface area contributed by atoms with Crippen molar-refractivity contribution in [1.82, 2.24) is 9.88 Å². The van der Waals surface area contributed by atoms with Crippen molar-refractivity contribution in [3.63, 3.8) is 0 Å². The molecule has 0 aliphatic carbocycles. The molecule has 176 valence electrons. The van der Waals surface area contributed by atoms with Crippen LogP contribution in [-0.4, -0.2) is 39.8 Å². The number of nitrogens with zero attached hydrogens (tertiary/aromatic N) is 3. The van der Waals surface area contributed by atoms with Gasteiger partial charge in [-0.05, 0) is 50.1 Å². The smallest absolute Gasteiger partial charge is 0.257 e. The molecule has 0 radical (unpaired) electrons. The van der Waals surface area contributed by atoms with Gasteiger partial charge in [0.1, 0.15) is 11.2 Å². The summed E-state index contributed by atoms with van der Waals surface area (Å²) < 4.78 is 5.72. The molecule has 1 fully saturated rings. The molecule has 34 heavy (non-hydrogen) atoms. The zero-order valence-electron chi connectivity index (χ0n) is 19.6. The van der Waals surface area contributed by atoms with Gasteiger partial charge in [-0.1, -0.05) is 26.0 Å². The summed E-state index contributed by atoms with van der Waals surface area (Å²) in [4.78, 5) is 46.5. The summed E-state index contributed by atoms with van der Waals surface area (Å²) in [5.74, 6) is 0.638. The molecule has 1 atom stereocenters. The minimum atomic E-state index is -0.703. The summed E-state index contributed by atoms with van der Waals surface area (Å²) >= 11 is 0. The Labute approximate surface area is 197 Å². The molecular weight excluding hydrogens is 432 g/mol. The van der Waals surface area contributed by atoms with Crippen LogP contribution in [0.25, 0.3) is 11.1 Å². The third kappa shape index (κ3) is 3.63. The number of amides is 3. The van der Waals surface area contributed by atoms with Gasteiger partial charge in [0.05, 0.1) is 11.3 Å². The van der Waals surface area contributed by atoms with Crippen LogP contribution in [0.1, 0.15) is 68.6 Å². The summed E-state index contributed by atoms with van der Waals surface area (Å²) in [6.07, 6.45) is 1.72. The fraction of sp³-hybridized carbons (Fsp3) is 0.385. The summed E-state index contributed by atoms with van der Waals surface area (Å²) in [7, 11) is 0. The molecule has 2 aliphatic heterocycles. The number of carbonyl (C=O) groups excluding carboxylic acids is 3. The summed E-state index contributed by atoms with van der Waals surface area (Å²) in [5, 5.41) is 2.91. The van der Waals surface area contributed by atoms with Crippen LogP contribution in [0.4, 0.5) is 11.4 Å². The summed E-state index contributed by atoms with van der Waals surface area (Å²) in [6.45, 7) is 6.35. The molecule has 2 aliphatic rings. The fourth-order valence-corrected chi connectivity index (χ4v) is 4.93. The topological polar surface area (TPSA) is 95.8 Å². The molecular formula is C26H28N4O4. The van der Waals surface area contributed by atoms with E-state index in [-0.39, 0.29) is 30.1 Å². The highest BCUT2D eigenvalue weighted by molar-refractivity contribution is 6.10. The third-order valence-corrected chi connectivity index (χ3v) is 6.71. The van der Waals surface area contributed by atoms with E-state index in [1.54, 1.807) is 40.1 Å². The summed E-state index contributed by atoms with van der Waals surface area (Å²) in [5.41, 5.74) is 2.55. The number of hydrogen-bond acceptors (Lipinski definition) is 5. The average molecular weight is 461 g/mol. The molecule has 0 spiro atoms. The first-order valence-corrected chi connectivity index (χ1v) is 11.7. The van der Waals surface area contributed by atoms with Crippen molar-refractivity contribution in [1.29, 1.82) is 0 Å². The molecule has 2 aromatic carbocycles. The number of fused-ring (bicyclic) bond motifs is 4. The lowest BCUT2D eigenvalue weighted by Crippen LogP contribution is -2.62. The molecule has 5 rings (SSSR count). The Balaban J connectivity index is 1.25. The monoisotopic (exact) mass is 460 g/mol.